The molecule has 0 unspecified atom stereocenters. The smallest absolute Gasteiger partial charge is 0.227 e. The molecule has 16 heavy (non-hydrogen) atoms. The summed E-state index contributed by atoms with van der Waals surface area (Å²) in [5.74, 6) is 0.647. The van der Waals surface area contributed by atoms with Crippen LogP contribution in [0, 0.1) is 0 Å². The van der Waals surface area contributed by atoms with Crippen LogP contribution in [-0.2, 0) is 17.6 Å². The molecule has 0 aliphatic rings. The van der Waals surface area contributed by atoms with E-state index in [2.05, 4.69) is 15.3 Å². The number of imidazole rings is 1. The van der Waals surface area contributed by atoms with Gasteiger partial charge in [0.2, 0.25) is 5.91 Å². The molecule has 0 radical (unpaired) electrons. The second-order valence-corrected chi connectivity index (χ2v) is 3.43. The third-order valence-corrected chi connectivity index (χ3v) is 2.19. The molecule has 0 saturated carbocycles. The SMILES string of the molecule is O=C(Cc1ccco1)NCCc1cnc[nH]1. The summed E-state index contributed by atoms with van der Waals surface area (Å²) < 4.78 is 5.08. The van der Waals surface area contributed by atoms with Crippen LogP contribution in [0.5, 0.6) is 0 Å². The number of hydrogen-bond acceptors (Lipinski definition) is 3. The molecule has 5 heteroatoms. The summed E-state index contributed by atoms with van der Waals surface area (Å²) in [5, 5.41) is 2.81. The zero-order valence-corrected chi connectivity index (χ0v) is 8.77. The average Bonchev–Trinajstić information content (AvgIpc) is 2.90. The maximum absolute atomic E-state index is 11.4. The molecule has 5 nitrogen and oxygen atoms in total. The first-order valence-electron chi connectivity index (χ1n) is 5.11. The minimum absolute atomic E-state index is 0.0329. The average molecular weight is 219 g/mol. The van der Waals surface area contributed by atoms with Gasteiger partial charge in [0.1, 0.15) is 5.76 Å². The number of amides is 1. The maximum atomic E-state index is 11.4. The number of rotatable bonds is 5. The van der Waals surface area contributed by atoms with Crippen molar-refractivity contribution < 1.29 is 9.21 Å². The van der Waals surface area contributed by atoms with Crippen molar-refractivity contribution in [3.8, 4) is 0 Å². The van der Waals surface area contributed by atoms with Gasteiger partial charge in [0.05, 0.1) is 19.0 Å². The minimum atomic E-state index is -0.0329. The van der Waals surface area contributed by atoms with Crippen LogP contribution in [0.4, 0.5) is 0 Å². The van der Waals surface area contributed by atoms with Crippen LogP contribution in [0.1, 0.15) is 11.5 Å². The van der Waals surface area contributed by atoms with Gasteiger partial charge in [0, 0.05) is 24.9 Å². The first-order valence-corrected chi connectivity index (χ1v) is 5.11. The number of carbonyl (C=O) groups is 1. The van der Waals surface area contributed by atoms with Gasteiger partial charge in [-0.1, -0.05) is 0 Å². The van der Waals surface area contributed by atoms with Gasteiger partial charge in [-0.15, -0.1) is 0 Å². The fourth-order valence-corrected chi connectivity index (χ4v) is 1.39. The van der Waals surface area contributed by atoms with Gasteiger partial charge >= 0.3 is 0 Å². The highest BCUT2D eigenvalue weighted by atomic mass is 16.3. The number of aromatic amines is 1. The van der Waals surface area contributed by atoms with E-state index in [0.717, 1.165) is 12.1 Å². The number of nitrogens with zero attached hydrogens (tertiary/aromatic N) is 1. The normalized spacial score (nSPS) is 10.2. The van der Waals surface area contributed by atoms with Crippen molar-refractivity contribution in [2.75, 3.05) is 6.54 Å². The topological polar surface area (TPSA) is 70.9 Å². The Morgan fingerprint density at radius 1 is 1.56 bits per heavy atom. The highest BCUT2D eigenvalue weighted by molar-refractivity contribution is 5.77. The predicted octanol–water partition coefficient (Wildman–Crippen LogP) is 0.904. The van der Waals surface area contributed by atoms with Crippen molar-refractivity contribution in [1.82, 2.24) is 15.3 Å². The number of carbonyl (C=O) groups excluding carboxylic acids is 1. The number of aromatic nitrogens is 2. The molecule has 2 rings (SSSR count). The molecule has 0 fully saturated rings. The zero-order valence-electron chi connectivity index (χ0n) is 8.77. The predicted molar refractivity (Wildman–Crippen MR) is 57.7 cm³/mol. The van der Waals surface area contributed by atoms with E-state index in [-0.39, 0.29) is 12.3 Å². The molecule has 0 aromatic carbocycles. The Bertz CT molecular complexity index is 420. The third-order valence-electron chi connectivity index (χ3n) is 2.19. The maximum Gasteiger partial charge on any atom is 0.227 e. The van der Waals surface area contributed by atoms with Gasteiger partial charge < -0.3 is 14.7 Å². The standard InChI is InChI=1S/C11H13N3O2/c15-11(6-10-2-1-5-16-10)13-4-3-9-7-12-8-14-9/h1-2,5,7-8H,3-4,6H2,(H,12,14)(H,13,15). The lowest BCUT2D eigenvalue weighted by Crippen LogP contribution is -2.27. The first kappa shape index (κ1) is 10.5. The van der Waals surface area contributed by atoms with Crippen molar-refractivity contribution in [3.63, 3.8) is 0 Å². The molecule has 0 bridgehead atoms. The lowest BCUT2D eigenvalue weighted by molar-refractivity contribution is -0.120. The molecule has 1 amide bonds. The fraction of sp³-hybridized carbons (Fsp3) is 0.273. The van der Waals surface area contributed by atoms with Crippen molar-refractivity contribution in [2.45, 2.75) is 12.8 Å². The van der Waals surface area contributed by atoms with Crippen LogP contribution in [0.15, 0.2) is 35.3 Å². The van der Waals surface area contributed by atoms with Gasteiger partial charge in [-0.05, 0) is 12.1 Å². The van der Waals surface area contributed by atoms with E-state index in [1.54, 1.807) is 30.9 Å². The Kier molecular flexibility index (Phi) is 3.38. The summed E-state index contributed by atoms with van der Waals surface area (Å²) in [6, 6.07) is 3.56. The lowest BCUT2D eigenvalue weighted by Gasteiger charge is -2.02. The van der Waals surface area contributed by atoms with Gasteiger partial charge in [0.25, 0.3) is 0 Å². The van der Waals surface area contributed by atoms with Crippen LogP contribution in [0.25, 0.3) is 0 Å². The van der Waals surface area contributed by atoms with Crippen LogP contribution in [0.2, 0.25) is 0 Å². The summed E-state index contributed by atoms with van der Waals surface area (Å²) in [6.45, 7) is 0.599. The summed E-state index contributed by atoms with van der Waals surface area (Å²) >= 11 is 0. The van der Waals surface area contributed by atoms with Gasteiger partial charge in [-0.25, -0.2) is 4.98 Å². The highest BCUT2D eigenvalue weighted by Gasteiger charge is 2.04. The molecule has 0 saturated heterocycles. The number of furan rings is 1. The Labute approximate surface area is 92.9 Å². The number of nitrogens with one attached hydrogen (secondary N) is 2. The Hall–Kier alpha value is -2.04. The van der Waals surface area contributed by atoms with Gasteiger partial charge in [-0.2, -0.15) is 0 Å². The van der Waals surface area contributed by atoms with E-state index in [0.29, 0.717) is 12.3 Å². The molecule has 0 atom stereocenters. The summed E-state index contributed by atoms with van der Waals surface area (Å²) in [5.41, 5.74) is 1.01. The highest BCUT2D eigenvalue weighted by Crippen LogP contribution is 2.00. The second kappa shape index (κ2) is 5.16. The second-order valence-electron chi connectivity index (χ2n) is 3.43. The molecule has 2 aromatic rings. The van der Waals surface area contributed by atoms with E-state index in [9.17, 15) is 4.79 Å². The van der Waals surface area contributed by atoms with E-state index >= 15 is 0 Å². The monoisotopic (exact) mass is 219 g/mol. The van der Waals surface area contributed by atoms with Crippen LogP contribution >= 0.6 is 0 Å². The molecule has 0 aliphatic heterocycles. The van der Waals surface area contributed by atoms with Crippen molar-refractivity contribution in [3.05, 3.63) is 42.4 Å². The fourth-order valence-electron chi connectivity index (χ4n) is 1.39. The molecule has 2 N–H and O–H groups in total. The summed E-state index contributed by atoms with van der Waals surface area (Å²) in [6.07, 6.45) is 5.98. The lowest BCUT2D eigenvalue weighted by atomic mass is 10.3. The van der Waals surface area contributed by atoms with Crippen LogP contribution in [-0.4, -0.2) is 22.4 Å². The van der Waals surface area contributed by atoms with Crippen LogP contribution < -0.4 is 5.32 Å². The first-order chi connectivity index (χ1) is 7.84. The van der Waals surface area contributed by atoms with E-state index in [4.69, 9.17) is 4.42 Å². The van der Waals surface area contributed by atoms with Gasteiger partial charge in [0.15, 0.2) is 0 Å². The molecule has 0 aliphatic carbocycles. The van der Waals surface area contributed by atoms with Crippen molar-refractivity contribution >= 4 is 5.91 Å². The number of hydrogen-bond donors (Lipinski definition) is 2. The number of H-pyrrole nitrogens is 1. The minimum Gasteiger partial charge on any atom is -0.469 e. The molecular weight excluding hydrogens is 206 g/mol. The quantitative estimate of drug-likeness (QED) is 0.785. The van der Waals surface area contributed by atoms with E-state index < -0.39 is 0 Å². The zero-order chi connectivity index (χ0) is 11.2. The molecular formula is C11H13N3O2. The summed E-state index contributed by atoms with van der Waals surface area (Å²) in [4.78, 5) is 18.3. The largest absolute Gasteiger partial charge is 0.469 e. The molecule has 0 spiro atoms. The van der Waals surface area contributed by atoms with Crippen LogP contribution in [0.3, 0.4) is 0 Å². The molecule has 84 valence electrons. The Morgan fingerprint density at radius 3 is 3.19 bits per heavy atom. The molecule has 2 heterocycles. The Balaban J connectivity index is 1.68. The summed E-state index contributed by atoms with van der Waals surface area (Å²) in [7, 11) is 0. The van der Waals surface area contributed by atoms with Crippen molar-refractivity contribution in [1.29, 1.82) is 0 Å². The molecule has 2 aromatic heterocycles. The van der Waals surface area contributed by atoms with Crippen molar-refractivity contribution in [2.24, 2.45) is 0 Å². The van der Waals surface area contributed by atoms with Gasteiger partial charge in [-0.3, -0.25) is 4.79 Å². The Morgan fingerprint density at radius 2 is 2.50 bits per heavy atom. The van der Waals surface area contributed by atoms with E-state index in [1.165, 1.54) is 0 Å². The third kappa shape index (κ3) is 2.98. The van der Waals surface area contributed by atoms with E-state index in [1.807, 2.05) is 0 Å².